The van der Waals surface area contributed by atoms with Crippen LogP contribution in [0.15, 0.2) is 42.9 Å². The Hall–Kier alpha value is -2.50. The van der Waals surface area contributed by atoms with Gasteiger partial charge in [-0.05, 0) is 37.0 Å². The molecule has 5 nitrogen and oxygen atoms in total. The van der Waals surface area contributed by atoms with Crippen LogP contribution in [0, 0.1) is 11.7 Å². The Morgan fingerprint density at radius 2 is 2.13 bits per heavy atom. The first-order chi connectivity index (χ1) is 11.2. The summed E-state index contributed by atoms with van der Waals surface area (Å²) in [5, 5.41) is 2.90. The minimum Gasteiger partial charge on any atom is -0.355 e. The highest BCUT2D eigenvalue weighted by Gasteiger charge is 2.20. The fourth-order valence-electron chi connectivity index (χ4n) is 2.79. The number of aromatic nitrogens is 2. The molecule has 1 aliphatic heterocycles. The molecule has 6 heteroatoms. The lowest BCUT2D eigenvalue weighted by Gasteiger charge is -2.32. The molecule has 23 heavy (non-hydrogen) atoms. The lowest BCUT2D eigenvalue weighted by molar-refractivity contribution is 0.0944. The molecule has 1 aromatic carbocycles. The molecule has 0 aliphatic carbocycles. The molecule has 1 aromatic heterocycles. The summed E-state index contributed by atoms with van der Waals surface area (Å²) in [5.41, 5.74) is 0.363. The molecule has 0 bridgehead atoms. The molecule has 1 saturated heterocycles. The summed E-state index contributed by atoms with van der Waals surface area (Å²) in [6.45, 7) is 2.42. The molecule has 0 saturated carbocycles. The van der Waals surface area contributed by atoms with Gasteiger partial charge in [0.1, 0.15) is 11.6 Å². The van der Waals surface area contributed by atoms with E-state index in [-0.39, 0.29) is 5.91 Å². The highest BCUT2D eigenvalue weighted by Crippen LogP contribution is 2.20. The van der Waals surface area contributed by atoms with Crippen LogP contribution in [-0.4, -0.2) is 35.5 Å². The largest absolute Gasteiger partial charge is 0.355 e. The van der Waals surface area contributed by atoms with Gasteiger partial charge in [0.25, 0.3) is 5.91 Å². The number of nitrogens with zero attached hydrogens (tertiary/aromatic N) is 3. The Labute approximate surface area is 134 Å². The zero-order chi connectivity index (χ0) is 16.1. The molecule has 120 valence electrons. The van der Waals surface area contributed by atoms with Crippen molar-refractivity contribution in [1.29, 1.82) is 0 Å². The summed E-state index contributed by atoms with van der Waals surface area (Å²) in [7, 11) is 0. The molecular formula is C17H19FN4O. The standard InChI is InChI=1S/C17H19FN4O/c18-15-3-1-2-14(10-15)17(23)21-11-13-4-8-22(9-5-13)16-12-19-6-7-20-16/h1-3,6-7,10,12-13H,4-5,8-9,11H2,(H,21,23). The van der Waals surface area contributed by atoms with Crippen LogP contribution in [0.5, 0.6) is 0 Å². The number of carbonyl (C=O) groups excluding carboxylic acids is 1. The topological polar surface area (TPSA) is 58.1 Å². The molecule has 0 radical (unpaired) electrons. The van der Waals surface area contributed by atoms with Crippen molar-refractivity contribution in [3.8, 4) is 0 Å². The predicted molar refractivity (Wildman–Crippen MR) is 85.7 cm³/mol. The van der Waals surface area contributed by atoms with Gasteiger partial charge in [-0.3, -0.25) is 9.78 Å². The van der Waals surface area contributed by atoms with E-state index in [9.17, 15) is 9.18 Å². The maximum absolute atomic E-state index is 13.1. The zero-order valence-corrected chi connectivity index (χ0v) is 12.8. The average molecular weight is 314 g/mol. The third kappa shape index (κ3) is 4.03. The molecule has 1 N–H and O–H groups in total. The molecule has 0 spiro atoms. The second kappa shape index (κ2) is 7.17. The molecule has 3 rings (SSSR count). The molecule has 1 amide bonds. The molecule has 1 fully saturated rings. The maximum atomic E-state index is 13.1. The van der Waals surface area contributed by atoms with E-state index in [4.69, 9.17) is 0 Å². The molecule has 1 aliphatic rings. The Kier molecular flexibility index (Phi) is 4.80. The Balaban J connectivity index is 1.47. The van der Waals surface area contributed by atoms with Crippen LogP contribution < -0.4 is 10.2 Å². The van der Waals surface area contributed by atoms with Crippen molar-refractivity contribution in [2.45, 2.75) is 12.8 Å². The number of rotatable bonds is 4. The molecule has 0 atom stereocenters. The van der Waals surface area contributed by atoms with Crippen molar-refractivity contribution in [2.75, 3.05) is 24.5 Å². The summed E-state index contributed by atoms with van der Waals surface area (Å²) in [6.07, 6.45) is 7.10. The lowest BCUT2D eigenvalue weighted by atomic mass is 9.96. The number of hydrogen-bond acceptors (Lipinski definition) is 4. The zero-order valence-electron chi connectivity index (χ0n) is 12.8. The van der Waals surface area contributed by atoms with E-state index in [1.807, 2.05) is 0 Å². The van der Waals surface area contributed by atoms with Gasteiger partial charge in [-0.1, -0.05) is 6.07 Å². The SMILES string of the molecule is O=C(NCC1CCN(c2cnccn2)CC1)c1cccc(F)c1. The average Bonchev–Trinajstić information content (AvgIpc) is 2.61. The van der Waals surface area contributed by atoms with Gasteiger partial charge in [0.15, 0.2) is 0 Å². The monoisotopic (exact) mass is 314 g/mol. The molecule has 2 aromatic rings. The Bertz CT molecular complexity index is 657. The van der Waals surface area contributed by atoms with Crippen LogP contribution in [0.1, 0.15) is 23.2 Å². The van der Waals surface area contributed by atoms with Crippen molar-refractivity contribution in [1.82, 2.24) is 15.3 Å². The van der Waals surface area contributed by atoms with E-state index in [0.717, 1.165) is 31.7 Å². The van der Waals surface area contributed by atoms with Crippen LogP contribution in [0.3, 0.4) is 0 Å². The van der Waals surface area contributed by atoms with E-state index in [2.05, 4.69) is 20.2 Å². The third-order valence-electron chi connectivity index (χ3n) is 4.13. The molecule has 0 unspecified atom stereocenters. The van der Waals surface area contributed by atoms with Crippen LogP contribution in [-0.2, 0) is 0 Å². The van der Waals surface area contributed by atoms with Crippen molar-refractivity contribution in [2.24, 2.45) is 5.92 Å². The number of nitrogens with one attached hydrogen (secondary N) is 1. The first kappa shape index (κ1) is 15.4. The molecule has 2 heterocycles. The van der Waals surface area contributed by atoms with Crippen LogP contribution in [0.25, 0.3) is 0 Å². The van der Waals surface area contributed by atoms with E-state index in [1.54, 1.807) is 30.7 Å². The van der Waals surface area contributed by atoms with Gasteiger partial charge >= 0.3 is 0 Å². The van der Waals surface area contributed by atoms with Gasteiger partial charge in [0, 0.05) is 37.6 Å². The minimum atomic E-state index is -0.394. The number of carbonyl (C=O) groups is 1. The summed E-state index contributed by atoms with van der Waals surface area (Å²) >= 11 is 0. The Morgan fingerprint density at radius 3 is 2.83 bits per heavy atom. The van der Waals surface area contributed by atoms with Gasteiger partial charge < -0.3 is 10.2 Å². The third-order valence-corrected chi connectivity index (χ3v) is 4.13. The fourth-order valence-corrected chi connectivity index (χ4v) is 2.79. The van der Waals surface area contributed by atoms with Crippen LogP contribution >= 0.6 is 0 Å². The normalized spacial score (nSPS) is 15.4. The first-order valence-electron chi connectivity index (χ1n) is 7.77. The lowest BCUT2D eigenvalue weighted by Crippen LogP contribution is -2.39. The van der Waals surface area contributed by atoms with Gasteiger partial charge in [-0.2, -0.15) is 0 Å². The summed E-state index contributed by atoms with van der Waals surface area (Å²) in [4.78, 5) is 22.6. The van der Waals surface area contributed by atoms with Gasteiger partial charge in [0.2, 0.25) is 0 Å². The summed E-state index contributed by atoms with van der Waals surface area (Å²) in [6, 6.07) is 5.75. The van der Waals surface area contributed by atoms with Crippen LogP contribution in [0.4, 0.5) is 10.2 Å². The van der Waals surface area contributed by atoms with Crippen molar-refractivity contribution in [3.05, 3.63) is 54.2 Å². The maximum Gasteiger partial charge on any atom is 0.251 e. The van der Waals surface area contributed by atoms with Crippen LogP contribution in [0.2, 0.25) is 0 Å². The number of hydrogen-bond donors (Lipinski definition) is 1. The van der Waals surface area contributed by atoms with Gasteiger partial charge in [-0.25, -0.2) is 9.37 Å². The van der Waals surface area contributed by atoms with Crippen molar-refractivity contribution >= 4 is 11.7 Å². The Morgan fingerprint density at radius 1 is 1.30 bits per heavy atom. The first-order valence-corrected chi connectivity index (χ1v) is 7.77. The van der Waals surface area contributed by atoms with E-state index in [1.165, 1.54) is 12.1 Å². The number of benzene rings is 1. The van der Waals surface area contributed by atoms with Gasteiger partial charge in [-0.15, -0.1) is 0 Å². The predicted octanol–water partition coefficient (Wildman–Crippen LogP) is 2.26. The number of piperidine rings is 1. The number of amides is 1. The smallest absolute Gasteiger partial charge is 0.251 e. The highest BCUT2D eigenvalue weighted by atomic mass is 19.1. The number of halogens is 1. The minimum absolute atomic E-state index is 0.221. The fraction of sp³-hybridized carbons (Fsp3) is 0.353. The quantitative estimate of drug-likeness (QED) is 0.940. The molecular weight excluding hydrogens is 295 g/mol. The van der Waals surface area contributed by atoms with Crippen molar-refractivity contribution in [3.63, 3.8) is 0 Å². The second-order valence-corrected chi connectivity index (χ2v) is 5.71. The van der Waals surface area contributed by atoms with E-state index < -0.39 is 5.82 Å². The van der Waals surface area contributed by atoms with E-state index >= 15 is 0 Å². The van der Waals surface area contributed by atoms with Gasteiger partial charge in [0.05, 0.1) is 6.20 Å². The summed E-state index contributed by atoms with van der Waals surface area (Å²) in [5.74, 6) is 0.714. The highest BCUT2D eigenvalue weighted by molar-refractivity contribution is 5.94. The van der Waals surface area contributed by atoms with Crippen molar-refractivity contribution < 1.29 is 9.18 Å². The summed E-state index contributed by atoms with van der Waals surface area (Å²) < 4.78 is 13.1. The number of anilines is 1. The van der Waals surface area contributed by atoms with E-state index in [0.29, 0.717) is 18.0 Å². The second-order valence-electron chi connectivity index (χ2n) is 5.71.